The predicted octanol–water partition coefficient (Wildman–Crippen LogP) is 0.298. The number of carbonyl (C=O) groups is 1. The van der Waals surface area contributed by atoms with E-state index in [1.807, 2.05) is 4.90 Å². The maximum Gasteiger partial charge on any atom is 0.232 e. The molecule has 2 bridgehead atoms. The second-order valence-electron chi connectivity index (χ2n) is 4.32. The van der Waals surface area contributed by atoms with E-state index in [2.05, 4.69) is 0 Å². The highest BCUT2D eigenvalue weighted by atomic mass is 32.1. The van der Waals surface area contributed by atoms with Crippen LogP contribution in [0.5, 0.6) is 0 Å². The van der Waals surface area contributed by atoms with Gasteiger partial charge in [0.25, 0.3) is 0 Å². The summed E-state index contributed by atoms with van der Waals surface area (Å²) in [5, 5.41) is 0. The lowest BCUT2D eigenvalue weighted by atomic mass is 10.1. The molecule has 2 rings (SSSR count). The van der Waals surface area contributed by atoms with E-state index in [1.54, 1.807) is 6.92 Å². The molecule has 0 spiro atoms. The average molecular weight is 228 g/mol. The third-order valence-electron chi connectivity index (χ3n) is 3.15. The molecule has 2 aliphatic rings. The SMILES string of the molecule is CC(C(=O)N1CC2CCC(C1)O2)C(N)=S. The zero-order chi connectivity index (χ0) is 11.0. The summed E-state index contributed by atoms with van der Waals surface area (Å²) in [7, 11) is 0. The lowest BCUT2D eigenvalue weighted by Gasteiger charge is -2.33. The Hall–Kier alpha value is -0.680. The molecule has 4 nitrogen and oxygen atoms in total. The number of hydrogen-bond donors (Lipinski definition) is 1. The number of nitrogens with two attached hydrogens (primary N) is 1. The van der Waals surface area contributed by atoms with Crippen LogP contribution in [-0.4, -0.2) is 41.1 Å². The van der Waals surface area contributed by atoms with Gasteiger partial charge in [-0.15, -0.1) is 0 Å². The Morgan fingerprint density at radius 3 is 2.47 bits per heavy atom. The van der Waals surface area contributed by atoms with Crippen LogP contribution >= 0.6 is 12.2 Å². The molecule has 2 fully saturated rings. The number of hydrogen-bond acceptors (Lipinski definition) is 3. The van der Waals surface area contributed by atoms with Crippen molar-refractivity contribution in [1.82, 2.24) is 4.90 Å². The first kappa shape index (κ1) is 10.8. The van der Waals surface area contributed by atoms with Crippen molar-refractivity contribution in [1.29, 1.82) is 0 Å². The van der Waals surface area contributed by atoms with E-state index in [0.29, 0.717) is 13.1 Å². The van der Waals surface area contributed by atoms with Gasteiger partial charge in [0.1, 0.15) is 0 Å². The quantitative estimate of drug-likeness (QED) is 0.691. The molecule has 2 aliphatic heterocycles. The zero-order valence-electron chi connectivity index (χ0n) is 8.81. The first-order chi connectivity index (χ1) is 7.08. The van der Waals surface area contributed by atoms with E-state index in [-0.39, 0.29) is 29.0 Å². The fourth-order valence-corrected chi connectivity index (χ4v) is 2.29. The molecule has 0 aromatic rings. The lowest BCUT2D eigenvalue weighted by molar-refractivity contribution is -0.141. The fourth-order valence-electron chi connectivity index (χ4n) is 2.19. The van der Waals surface area contributed by atoms with Crippen LogP contribution in [0.4, 0.5) is 0 Å². The number of likely N-dealkylation sites (tertiary alicyclic amines) is 1. The molecule has 2 N–H and O–H groups in total. The Labute approximate surface area is 94.7 Å². The maximum atomic E-state index is 12.0. The van der Waals surface area contributed by atoms with E-state index < -0.39 is 0 Å². The summed E-state index contributed by atoms with van der Waals surface area (Å²) >= 11 is 4.84. The van der Waals surface area contributed by atoms with E-state index in [9.17, 15) is 4.79 Å². The minimum atomic E-state index is -0.350. The Morgan fingerprint density at radius 2 is 2.00 bits per heavy atom. The van der Waals surface area contributed by atoms with Gasteiger partial charge in [0.2, 0.25) is 5.91 Å². The largest absolute Gasteiger partial charge is 0.393 e. The van der Waals surface area contributed by atoms with Crippen LogP contribution in [0.25, 0.3) is 0 Å². The molecule has 0 saturated carbocycles. The normalized spacial score (nSPS) is 31.4. The highest BCUT2D eigenvalue weighted by Gasteiger charge is 2.37. The molecule has 3 unspecified atom stereocenters. The fraction of sp³-hybridized carbons (Fsp3) is 0.800. The van der Waals surface area contributed by atoms with Gasteiger partial charge in [0.15, 0.2) is 0 Å². The molecular weight excluding hydrogens is 212 g/mol. The molecule has 5 heteroatoms. The number of morpholine rings is 1. The molecule has 0 aromatic carbocycles. The number of carbonyl (C=O) groups excluding carboxylic acids is 1. The standard InChI is InChI=1S/C10H16N2O2S/c1-6(9(11)15)10(13)12-4-7-2-3-8(5-12)14-7/h6-8H,2-5H2,1H3,(H2,11,15). The lowest BCUT2D eigenvalue weighted by Crippen LogP contribution is -2.49. The highest BCUT2D eigenvalue weighted by Crippen LogP contribution is 2.26. The number of ether oxygens (including phenoxy) is 1. The first-order valence-electron chi connectivity index (χ1n) is 5.31. The van der Waals surface area contributed by atoms with Gasteiger partial charge in [-0.2, -0.15) is 0 Å². The van der Waals surface area contributed by atoms with Crippen LogP contribution in [0.2, 0.25) is 0 Å². The van der Waals surface area contributed by atoms with Crippen molar-refractivity contribution in [2.45, 2.75) is 32.0 Å². The molecule has 0 radical (unpaired) electrons. The van der Waals surface area contributed by atoms with E-state index in [0.717, 1.165) is 12.8 Å². The highest BCUT2D eigenvalue weighted by molar-refractivity contribution is 7.80. The van der Waals surface area contributed by atoms with Crippen LogP contribution in [-0.2, 0) is 9.53 Å². The number of nitrogens with zero attached hydrogens (tertiary/aromatic N) is 1. The zero-order valence-corrected chi connectivity index (χ0v) is 9.63. The molecule has 3 atom stereocenters. The average Bonchev–Trinajstić information content (AvgIpc) is 2.55. The summed E-state index contributed by atoms with van der Waals surface area (Å²) in [6.45, 7) is 3.16. The maximum absolute atomic E-state index is 12.0. The third kappa shape index (κ3) is 2.13. The Bertz CT molecular complexity index is 283. The van der Waals surface area contributed by atoms with Crippen molar-refractivity contribution in [3.8, 4) is 0 Å². The topological polar surface area (TPSA) is 55.6 Å². The van der Waals surface area contributed by atoms with Crippen LogP contribution < -0.4 is 5.73 Å². The molecule has 15 heavy (non-hydrogen) atoms. The number of amides is 1. The summed E-state index contributed by atoms with van der Waals surface area (Å²) < 4.78 is 5.66. The minimum absolute atomic E-state index is 0.0442. The Balaban J connectivity index is 1.99. The molecule has 0 aromatic heterocycles. The van der Waals surface area contributed by atoms with Crippen LogP contribution in [0.3, 0.4) is 0 Å². The Kier molecular flexibility index (Phi) is 2.93. The summed E-state index contributed by atoms with van der Waals surface area (Å²) in [4.78, 5) is 14.1. The summed E-state index contributed by atoms with van der Waals surface area (Å²) in [6.07, 6.45) is 2.59. The van der Waals surface area contributed by atoms with Gasteiger partial charge in [-0.3, -0.25) is 4.79 Å². The second-order valence-corrected chi connectivity index (χ2v) is 4.80. The summed E-state index contributed by atoms with van der Waals surface area (Å²) in [6, 6.07) is 0. The van der Waals surface area contributed by atoms with Crippen molar-refractivity contribution < 1.29 is 9.53 Å². The summed E-state index contributed by atoms with van der Waals surface area (Å²) in [5.74, 6) is -0.305. The van der Waals surface area contributed by atoms with Crippen LogP contribution in [0, 0.1) is 5.92 Å². The van der Waals surface area contributed by atoms with Crippen molar-refractivity contribution in [2.75, 3.05) is 13.1 Å². The predicted molar refractivity (Wildman–Crippen MR) is 60.4 cm³/mol. The van der Waals surface area contributed by atoms with Crippen molar-refractivity contribution in [2.24, 2.45) is 11.7 Å². The molecule has 2 heterocycles. The van der Waals surface area contributed by atoms with Crippen molar-refractivity contribution >= 4 is 23.1 Å². The Morgan fingerprint density at radius 1 is 1.47 bits per heavy atom. The van der Waals surface area contributed by atoms with Gasteiger partial charge >= 0.3 is 0 Å². The van der Waals surface area contributed by atoms with E-state index >= 15 is 0 Å². The van der Waals surface area contributed by atoms with Crippen molar-refractivity contribution in [3.63, 3.8) is 0 Å². The molecule has 2 saturated heterocycles. The molecule has 1 amide bonds. The molecule has 0 aliphatic carbocycles. The molecule has 84 valence electrons. The van der Waals surface area contributed by atoms with Gasteiger partial charge in [0, 0.05) is 13.1 Å². The first-order valence-corrected chi connectivity index (χ1v) is 5.72. The smallest absolute Gasteiger partial charge is 0.232 e. The van der Waals surface area contributed by atoms with E-state index in [1.165, 1.54) is 0 Å². The monoisotopic (exact) mass is 228 g/mol. The second kappa shape index (κ2) is 4.06. The van der Waals surface area contributed by atoms with Gasteiger partial charge in [-0.05, 0) is 19.8 Å². The summed E-state index contributed by atoms with van der Waals surface area (Å²) in [5.41, 5.74) is 5.48. The van der Waals surface area contributed by atoms with E-state index in [4.69, 9.17) is 22.7 Å². The molecular formula is C10H16N2O2S. The third-order valence-corrected chi connectivity index (χ3v) is 3.51. The van der Waals surface area contributed by atoms with Crippen molar-refractivity contribution in [3.05, 3.63) is 0 Å². The van der Waals surface area contributed by atoms with Gasteiger partial charge in [0.05, 0.1) is 23.1 Å². The van der Waals surface area contributed by atoms with Crippen LogP contribution in [0.1, 0.15) is 19.8 Å². The number of thiocarbonyl (C=S) groups is 1. The van der Waals surface area contributed by atoms with Gasteiger partial charge in [-0.25, -0.2) is 0 Å². The minimum Gasteiger partial charge on any atom is -0.393 e. The number of rotatable bonds is 2. The van der Waals surface area contributed by atoms with Crippen LogP contribution in [0.15, 0.2) is 0 Å². The van der Waals surface area contributed by atoms with Gasteiger partial charge < -0.3 is 15.4 Å². The van der Waals surface area contributed by atoms with Gasteiger partial charge in [-0.1, -0.05) is 12.2 Å². The number of fused-ring (bicyclic) bond motifs is 2.